The first-order valence-electron chi connectivity index (χ1n) is 13.9. The van der Waals surface area contributed by atoms with Gasteiger partial charge in [0.2, 0.25) is 0 Å². The highest BCUT2D eigenvalue weighted by molar-refractivity contribution is 6.19. The maximum absolute atomic E-state index is 2.42. The SMILES string of the molecule is C/C=C(\C)n1c2ccccc2c2cc(-c3ccc4c(c3)c3ccc5ccccc5c3n4-c3ccccc3)ccc21. The van der Waals surface area contributed by atoms with Crippen LogP contribution in [0.3, 0.4) is 0 Å². The van der Waals surface area contributed by atoms with Gasteiger partial charge in [-0.05, 0) is 72.8 Å². The fourth-order valence-corrected chi connectivity index (χ4v) is 6.47. The van der Waals surface area contributed by atoms with Crippen molar-refractivity contribution in [3.63, 3.8) is 0 Å². The Bertz CT molecular complexity index is 2280. The van der Waals surface area contributed by atoms with Crippen LogP contribution >= 0.6 is 0 Å². The molecule has 0 fully saturated rings. The van der Waals surface area contributed by atoms with Crippen LogP contribution in [0, 0.1) is 0 Å². The summed E-state index contributed by atoms with van der Waals surface area (Å²) in [6, 6.07) is 46.6. The van der Waals surface area contributed by atoms with Crippen molar-refractivity contribution in [2.45, 2.75) is 13.8 Å². The summed E-state index contributed by atoms with van der Waals surface area (Å²) in [4.78, 5) is 0. The molecule has 40 heavy (non-hydrogen) atoms. The summed E-state index contributed by atoms with van der Waals surface area (Å²) in [5, 5.41) is 7.65. The maximum Gasteiger partial charge on any atom is 0.0619 e. The van der Waals surface area contributed by atoms with Gasteiger partial charge >= 0.3 is 0 Å². The molecule has 0 aliphatic heterocycles. The van der Waals surface area contributed by atoms with Crippen LogP contribution in [0.5, 0.6) is 0 Å². The predicted octanol–water partition coefficient (Wildman–Crippen LogP) is 10.6. The number of rotatable bonds is 3. The molecular weight excluding hydrogens is 484 g/mol. The molecule has 0 atom stereocenters. The zero-order valence-electron chi connectivity index (χ0n) is 22.6. The third-order valence-electron chi connectivity index (χ3n) is 8.44. The van der Waals surface area contributed by atoms with E-state index in [2.05, 4.69) is 156 Å². The summed E-state index contributed by atoms with van der Waals surface area (Å²) in [6.45, 7) is 4.29. The minimum atomic E-state index is 1.18. The van der Waals surface area contributed by atoms with Crippen molar-refractivity contribution in [3.05, 3.63) is 133 Å². The first kappa shape index (κ1) is 22.9. The molecule has 2 aromatic heterocycles. The first-order valence-corrected chi connectivity index (χ1v) is 13.9. The summed E-state index contributed by atoms with van der Waals surface area (Å²) < 4.78 is 4.80. The van der Waals surface area contributed by atoms with Crippen LogP contribution in [-0.4, -0.2) is 9.13 Å². The highest BCUT2D eigenvalue weighted by Gasteiger charge is 2.17. The van der Waals surface area contributed by atoms with Gasteiger partial charge in [0.15, 0.2) is 0 Å². The number of allylic oxidation sites excluding steroid dienone is 2. The predicted molar refractivity (Wildman–Crippen MR) is 172 cm³/mol. The van der Waals surface area contributed by atoms with Crippen molar-refractivity contribution in [2.75, 3.05) is 0 Å². The Morgan fingerprint density at radius 3 is 1.93 bits per heavy atom. The average Bonchev–Trinajstić information content (AvgIpc) is 3.53. The van der Waals surface area contributed by atoms with Gasteiger partial charge in [-0.3, -0.25) is 0 Å². The summed E-state index contributed by atoms with van der Waals surface area (Å²) >= 11 is 0. The number of fused-ring (bicyclic) bond motifs is 8. The van der Waals surface area contributed by atoms with E-state index in [-0.39, 0.29) is 0 Å². The zero-order valence-corrected chi connectivity index (χ0v) is 22.6. The number of nitrogens with zero attached hydrogens (tertiary/aromatic N) is 2. The largest absolute Gasteiger partial charge is 0.314 e. The molecule has 8 rings (SSSR count). The normalized spacial score (nSPS) is 12.4. The van der Waals surface area contributed by atoms with Gasteiger partial charge in [0, 0.05) is 38.3 Å². The third-order valence-corrected chi connectivity index (χ3v) is 8.44. The van der Waals surface area contributed by atoms with Gasteiger partial charge in [0.05, 0.1) is 22.1 Å². The molecule has 0 saturated carbocycles. The van der Waals surface area contributed by atoms with Crippen molar-refractivity contribution in [2.24, 2.45) is 0 Å². The molecule has 2 heterocycles. The first-order chi connectivity index (χ1) is 19.7. The molecule has 190 valence electrons. The number of aromatic nitrogens is 2. The lowest BCUT2D eigenvalue weighted by Gasteiger charge is -2.10. The second-order valence-corrected chi connectivity index (χ2v) is 10.6. The van der Waals surface area contributed by atoms with Gasteiger partial charge in [-0.25, -0.2) is 0 Å². The molecule has 0 aliphatic carbocycles. The van der Waals surface area contributed by atoms with E-state index in [1.165, 1.54) is 76.9 Å². The lowest BCUT2D eigenvalue weighted by molar-refractivity contribution is 1.19. The van der Waals surface area contributed by atoms with E-state index in [1.54, 1.807) is 0 Å². The molecule has 0 saturated heterocycles. The topological polar surface area (TPSA) is 9.86 Å². The lowest BCUT2D eigenvalue weighted by atomic mass is 10.00. The van der Waals surface area contributed by atoms with Crippen molar-refractivity contribution < 1.29 is 0 Å². The van der Waals surface area contributed by atoms with E-state index in [4.69, 9.17) is 0 Å². The van der Waals surface area contributed by atoms with E-state index in [9.17, 15) is 0 Å². The van der Waals surface area contributed by atoms with Crippen molar-refractivity contribution >= 4 is 60.1 Å². The molecule has 0 bridgehead atoms. The highest BCUT2D eigenvalue weighted by Crippen LogP contribution is 2.40. The fourth-order valence-electron chi connectivity index (χ4n) is 6.47. The molecule has 6 aromatic carbocycles. The van der Waals surface area contributed by atoms with Crippen LogP contribution in [0.4, 0.5) is 0 Å². The van der Waals surface area contributed by atoms with Crippen LogP contribution < -0.4 is 0 Å². The van der Waals surface area contributed by atoms with Gasteiger partial charge in [0.25, 0.3) is 0 Å². The standard InChI is InChI=1S/C38H28N2/c1-3-25(2)39-35-16-10-9-15-31(35)33-23-27(18-21-36(33)39)28-19-22-37-34(24-28)32-20-17-26-11-7-8-14-30(26)38(32)40(37)29-12-5-4-6-13-29/h3-24H,1-2H3/b25-3+. The van der Waals surface area contributed by atoms with Crippen molar-refractivity contribution in [1.29, 1.82) is 0 Å². The van der Waals surface area contributed by atoms with Crippen molar-refractivity contribution in [3.8, 4) is 16.8 Å². The van der Waals surface area contributed by atoms with Crippen LogP contribution in [0.25, 0.3) is 76.9 Å². The van der Waals surface area contributed by atoms with Gasteiger partial charge in [0.1, 0.15) is 0 Å². The molecular formula is C38H28N2. The monoisotopic (exact) mass is 512 g/mol. The Hall–Kier alpha value is -5.08. The molecule has 0 N–H and O–H groups in total. The van der Waals surface area contributed by atoms with Crippen molar-refractivity contribution in [1.82, 2.24) is 9.13 Å². The van der Waals surface area contributed by atoms with E-state index in [1.807, 2.05) is 0 Å². The molecule has 0 radical (unpaired) electrons. The molecule has 0 amide bonds. The Labute approximate surface area is 233 Å². The van der Waals surface area contributed by atoms with Crippen LogP contribution in [0.15, 0.2) is 133 Å². The number of hydrogen-bond acceptors (Lipinski definition) is 0. The number of para-hydroxylation sites is 2. The van der Waals surface area contributed by atoms with E-state index in [0.717, 1.165) is 0 Å². The van der Waals surface area contributed by atoms with Crippen LogP contribution in [0.1, 0.15) is 13.8 Å². The summed E-state index contributed by atoms with van der Waals surface area (Å²) in [5.74, 6) is 0. The Morgan fingerprint density at radius 1 is 0.525 bits per heavy atom. The minimum Gasteiger partial charge on any atom is -0.314 e. The average molecular weight is 513 g/mol. The number of hydrogen-bond donors (Lipinski definition) is 0. The van der Waals surface area contributed by atoms with Crippen LogP contribution in [0.2, 0.25) is 0 Å². The molecule has 0 spiro atoms. The summed E-state index contributed by atoms with van der Waals surface area (Å²) in [5.41, 5.74) is 9.86. The van der Waals surface area contributed by atoms with Gasteiger partial charge in [-0.1, -0.05) is 91.0 Å². The van der Waals surface area contributed by atoms with Crippen LogP contribution in [-0.2, 0) is 0 Å². The molecule has 2 heteroatoms. The Morgan fingerprint density at radius 2 is 1.15 bits per heavy atom. The van der Waals surface area contributed by atoms with Gasteiger partial charge < -0.3 is 9.13 Å². The third kappa shape index (κ3) is 3.23. The highest BCUT2D eigenvalue weighted by atomic mass is 15.0. The van der Waals surface area contributed by atoms with Gasteiger partial charge in [-0.2, -0.15) is 0 Å². The second-order valence-electron chi connectivity index (χ2n) is 10.6. The molecule has 0 aliphatic rings. The zero-order chi connectivity index (χ0) is 26.8. The quantitative estimate of drug-likeness (QED) is 0.223. The molecule has 2 nitrogen and oxygen atoms in total. The van der Waals surface area contributed by atoms with Gasteiger partial charge in [-0.15, -0.1) is 0 Å². The maximum atomic E-state index is 2.42. The number of benzene rings is 6. The van der Waals surface area contributed by atoms with E-state index >= 15 is 0 Å². The summed E-state index contributed by atoms with van der Waals surface area (Å²) in [7, 11) is 0. The summed E-state index contributed by atoms with van der Waals surface area (Å²) in [6.07, 6.45) is 2.18. The molecule has 0 unspecified atom stereocenters. The fraction of sp³-hybridized carbons (Fsp3) is 0.0526. The smallest absolute Gasteiger partial charge is 0.0619 e. The van der Waals surface area contributed by atoms with E-state index < -0.39 is 0 Å². The van der Waals surface area contributed by atoms with E-state index in [0.29, 0.717) is 0 Å². The Kier molecular flexibility index (Phi) is 4.99. The minimum absolute atomic E-state index is 1.18. The second kappa shape index (κ2) is 8.72. The lowest BCUT2D eigenvalue weighted by Crippen LogP contribution is -1.94. The Balaban J connectivity index is 1.41. The molecule has 8 aromatic rings.